The highest BCUT2D eigenvalue weighted by molar-refractivity contribution is 8.23. The smallest absolute Gasteiger partial charge is 0.347 e. The fraction of sp³-hybridized carbons (Fsp3) is 0.353. The average molecular weight is 347 g/mol. The van der Waals surface area contributed by atoms with E-state index in [1.807, 2.05) is 12.1 Å². The Morgan fingerprint density at radius 2 is 1.96 bits per heavy atom. The summed E-state index contributed by atoms with van der Waals surface area (Å²) in [6, 6.07) is 8.77. The van der Waals surface area contributed by atoms with Gasteiger partial charge in [0.25, 0.3) is 0 Å². The predicted octanol–water partition coefficient (Wildman–Crippen LogP) is 3.48. The van der Waals surface area contributed by atoms with E-state index in [0.29, 0.717) is 5.58 Å². The molecule has 0 unspecified atom stereocenters. The number of carbonyl (C=O) groups is 1. The lowest BCUT2D eigenvalue weighted by Crippen LogP contribution is -2.33. The van der Waals surface area contributed by atoms with Crippen molar-refractivity contribution in [1.29, 1.82) is 0 Å². The predicted molar refractivity (Wildman–Crippen MR) is 97.3 cm³/mol. The second-order valence-corrected chi connectivity index (χ2v) is 7.12. The number of benzene rings is 1. The summed E-state index contributed by atoms with van der Waals surface area (Å²) in [6.45, 7) is 1.91. The first-order valence-corrected chi connectivity index (χ1v) is 9.02. The van der Waals surface area contributed by atoms with Crippen LogP contribution in [0.15, 0.2) is 39.5 Å². The molecule has 23 heavy (non-hydrogen) atoms. The zero-order valence-corrected chi connectivity index (χ0v) is 14.3. The summed E-state index contributed by atoms with van der Waals surface area (Å²) < 4.78 is 5.95. The Bertz CT molecular complexity index is 794. The van der Waals surface area contributed by atoms with Crippen LogP contribution in [-0.4, -0.2) is 33.8 Å². The van der Waals surface area contributed by atoms with Gasteiger partial charge in [-0.2, -0.15) is 0 Å². The molecule has 2 heterocycles. The Hall–Kier alpha value is -1.66. The zero-order valence-electron chi connectivity index (χ0n) is 12.6. The minimum absolute atomic E-state index is 0.0950. The van der Waals surface area contributed by atoms with Crippen molar-refractivity contribution in [3.05, 3.63) is 46.3 Å². The number of carbonyl (C=O) groups excluding carboxylic acids is 1. The molecular weight excluding hydrogens is 330 g/mol. The van der Waals surface area contributed by atoms with Crippen LogP contribution in [0.5, 0.6) is 0 Å². The maximum Gasteiger partial charge on any atom is 0.347 e. The number of nitrogens with zero attached hydrogens (tertiary/aromatic N) is 1. The van der Waals surface area contributed by atoms with Gasteiger partial charge in [0.1, 0.15) is 15.5 Å². The Kier molecular flexibility index (Phi) is 5.13. The summed E-state index contributed by atoms with van der Waals surface area (Å²) in [4.78, 5) is 26.5. The molecule has 1 saturated heterocycles. The number of ketones is 1. The molecule has 6 heteroatoms. The molecule has 0 saturated carbocycles. The van der Waals surface area contributed by atoms with E-state index in [9.17, 15) is 9.59 Å². The SMILES string of the molecule is O=C(CSC(=S)N1CCCCC1)c1cc2ccccc2oc1=O. The third-order valence-electron chi connectivity index (χ3n) is 3.88. The minimum atomic E-state index is -0.585. The van der Waals surface area contributed by atoms with Gasteiger partial charge in [-0.3, -0.25) is 4.79 Å². The summed E-state index contributed by atoms with van der Waals surface area (Å²) in [7, 11) is 0. The second-order valence-electron chi connectivity index (χ2n) is 5.51. The number of thiocarbonyl (C=S) groups is 1. The first kappa shape index (κ1) is 16.2. The monoisotopic (exact) mass is 347 g/mol. The molecule has 0 radical (unpaired) electrons. The minimum Gasteiger partial charge on any atom is -0.422 e. The van der Waals surface area contributed by atoms with Crippen LogP contribution in [-0.2, 0) is 0 Å². The van der Waals surface area contributed by atoms with Gasteiger partial charge in [0.05, 0.1) is 5.75 Å². The number of thioether (sulfide) groups is 1. The molecule has 0 spiro atoms. The summed E-state index contributed by atoms with van der Waals surface area (Å²) in [5.74, 6) is -0.0767. The van der Waals surface area contributed by atoms with Crippen molar-refractivity contribution in [3.63, 3.8) is 0 Å². The van der Waals surface area contributed by atoms with Crippen LogP contribution in [0, 0.1) is 0 Å². The molecule has 1 fully saturated rings. The third kappa shape index (κ3) is 3.82. The van der Waals surface area contributed by atoms with Crippen LogP contribution in [0.4, 0.5) is 0 Å². The highest BCUT2D eigenvalue weighted by Gasteiger charge is 2.18. The largest absolute Gasteiger partial charge is 0.422 e. The van der Waals surface area contributed by atoms with Gasteiger partial charge < -0.3 is 9.32 Å². The van der Waals surface area contributed by atoms with Crippen LogP contribution in [0.1, 0.15) is 29.6 Å². The lowest BCUT2D eigenvalue weighted by molar-refractivity contribution is 0.101. The van der Waals surface area contributed by atoms with Gasteiger partial charge in [0.15, 0.2) is 5.78 Å². The van der Waals surface area contributed by atoms with E-state index in [0.717, 1.165) is 35.6 Å². The van der Waals surface area contributed by atoms with Gasteiger partial charge in [0.2, 0.25) is 0 Å². The van der Waals surface area contributed by atoms with Gasteiger partial charge in [0, 0.05) is 18.5 Å². The van der Waals surface area contributed by atoms with Crippen molar-refractivity contribution in [2.24, 2.45) is 0 Å². The standard InChI is InChI=1S/C17H17NO3S2/c19-14(11-23-17(22)18-8-4-1-5-9-18)13-10-12-6-2-3-7-15(12)21-16(13)20/h2-3,6-7,10H,1,4-5,8-9,11H2. The molecule has 0 atom stereocenters. The van der Waals surface area contributed by atoms with E-state index in [2.05, 4.69) is 4.90 Å². The molecule has 1 aromatic carbocycles. The third-order valence-corrected chi connectivity index (χ3v) is 5.41. The van der Waals surface area contributed by atoms with Gasteiger partial charge in [-0.05, 0) is 31.4 Å². The topological polar surface area (TPSA) is 50.5 Å². The second kappa shape index (κ2) is 7.27. The molecule has 2 aromatic rings. The van der Waals surface area contributed by atoms with Crippen LogP contribution in [0.2, 0.25) is 0 Å². The number of fused-ring (bicyclic) bond motifs is 1. The molecule has 0 aliphatic carbocycles. The van der Waals surface area contributed by atoms with E-state index in [-0.39, 0.29) is 17.1 Å². The number of rotatable bonds is 3. The van der Waals surface area contributed by atoms with Crippen LogP contribution >= 0.6 is 24.0 Å². The number of hydrogen-bond donors (Lipinski definition) is 0. The van der Waals surface area contributed by atoms with E-state index in [1.165, 1.54) is 18.2 Å². The molecule has 0 amide bonds. The molecule has 1 aliphatic rings. The first-order valence-electron chi connectivity index (χ1n) is 7.63. The molecule has 1 aromatic heterocycles. The first-order chi connectivity index (χ1) is 11.1. The van der Waals surface area contributed by atoms with E-state index < -0.39 is 5.63 Å². The zero-order chi connectivity index (χ0) is 16.2. The molecule has 1 aliphatic heterocycles. The summed E-state index contributed by atoms with van der Waals surface area (Å²) >= 11 is 6.71. The number of likely N-dealkylation sites (tertiary alicyclic amines) is 1. The molecule has 0 N–H and O–H groups in total. The van der Waals surface area contributed by atoms with Crippen molar-refractivity contribution in [3.8, 4) is 0 Å². The highest BCUT2D eigenvalue weighted by Crippen LogP contribution is 2.18. The Labute approximate surface area is 143 Å². The van der Waals surface area contributed by atoms with Crippen molar-refractivity contribution >= 4 is 45.1 Å². The average Bonchev–Trinajstić information content (AvgIpc) is 2.59. The van der Waals surface area contributed by atoms with E-state index in [4.69, 9.17) is 16.6 Å². The fourth-order valence-electron chi connectivity index (χ4n) is 2.63. The Morgan fingerprint density at radius 1 is 1.22 bits per heavy atom. The fourth-order valence-corrected chi connectivity index (χ4v) is 3.76. The van der Waals surface area contributed by atoms with E-state index in [1.54, 1.807) is 18.2 Å². The van der Waals surface area contributed by atoms with Crippen molar-refractivity contribution in [1.82, 2.24) is 4.90 Å². The number of piperidine rings is 1. The maximum absolute atomic E-state index is 12.3. The summed E-state index contributed by atoms with van der Waals surface area (Å²) in [6.07, 6.45) is 3.52. The molecule has 4 nitrogen and oxygen atoms in total. The summed E-state index contributed by atoms with van der Waals surface area (Å²) in [5.41, 5.74) is 0.00127. The lowest BCUT2D eigenvalue weighted by atomic mass is 10.1. The quantitative estimate of drug-likeness (QED) is 0.481. The van der Waals surface area contributed by atoms with Crippen LogP contribution in [0.3, 0.4) is 0 Å². The molecule has 3 rings (SSSR count). The van der Waals surface area contributed by atoms with Gasteiger partial charge in [-0.15, -0.1) is 0 Å². The number of para-hydroxylation sites is 1. The van der Waals surface area contributed by atoms with Gasteiger partial charge in [-0.1, -0.05) is 42.2 Å². The number of hydrogen-bond acceptors (Lipinski definition) is 5. The molecule has 0 bridgehead atoms. The lowest BCUT2D eigenvalue weighted by Gasteiger charge is -2.28. The van der Waals surface area contributed by atoms with Crippen LogP contribution in [0.25, 0.3) is 11.0 Å². The van der Waals surface area contributed by atoms with Crippen molar-refractivity contribution in [2.45, 2.75) is 19.3 Å². The summed E-state index contributed by atoms with van der Waals surface area (Å²) in [5, 5.41) is 0.749. The Balaban J connectivity index is 1.69. The van der Waals surface area contributed by atoms with Crippen LogP contribution < -0.4 is 5.63 Å². The Morgan fingerprint density at radius 3 is 2.74 bits per heavy atom. The molecular formula is C17H17NO3S2. The molecule has 120 valence electrons. The maximum atomic E-state index is 12.3. The van der Waals surface area contributed by atoms with Gasteiger partial charge in [-0.25, -0.2) is 4.79 Å². The normalized spacial score (nSPS) is 14.9. The number of Topliss-reactive ketones (excluding diaryl/α,β-unsaturated/α-hetero) is 1. The van der Waals surface area contributed by atoms with Crippen molar-refractivity contribution < 1.29 is 9.21 Å². The van der Waals surface area contributed by atoms with E-state index >= 15 is 0 Å². The van der Waals surface area contributed by atoms with Crippen molar-refractivity contribution in [2.75, 3.05) is 18.8 Å². The highest BCUT2D eigenvalue weighted by atomic mass is 32.2. The van der Waals surface area contributed by atoms with Gasteiger partial charge >= 0.3 is 5.63 Å².